The van der Waals surface area contributed by atoms with Crippen LogP contribution in [0, 0.1) is 0 Å². The maximum atomic E-state index is 6.06. The molecule has 3 rings (SSSR count). The molecule has 2 N–H and O–H groups in total. The molecule has 0 saturated heterocycles. The van der Waals surface area contributed by atoms with Crippen LogP contribution in [0.15, 0.2) is 0 Å². The van der Waals surface area contributed by atoms with Crippen LogP contribution >= 0.6 is 0 Å². The molecular formula is C17H25NO2. The Hall–Kier alpha value is -1.22. The summed E-state index contributed by atoms with van der Waals surface area (Å²) < 4.78 is 12.1. The van der Waals surface area contributed by atoms with Gasteiger partial charge in [-0.1, -0.05) is 13.3 Å². The molecule has 20 heavy (non-hydrogen) atoms. The fourth-order valence-electron chi connectivity index (χ4n) is 3.56. The standard InChI is InChI=1S/C17H25NO2/c1-2-5-12-13-6-3-11-20-17(13)15(8-9-18)14-7-4-10-19-16(12)14/h2-11,18H2,1H3. The van der Waals surface area contributed by atoms with E-state index in [1.54, 1.807) is 0 Å². The minimum Gasteiger partial charge on any atom is -0.493 e. The van der Waals surface area contributed by atoms with E-state index in [9.17, 15) is 0 Å². The molecule has 110 valence electrons. The third-order valence-electron chi connectivity index (χ3n) is 4.35. The second kappa shape index (κ2) is 6.04. The lowest BCUT2D eigenvalue weighted by atomic mass is 9.86. The van der Waals surface area contributed by atoms with Crippen molar-refractivity contribution in [2.45, 2.75) is 51.9 Å². The summed E-state index contributed by atoms with van der Waals surface area (Å²) >= 11 is 0. The van der Waals surface area contributed by atoms with Gasteiger partial charge in [0.15, 0.2) is 0 Å². The maximum Gasteiger partial charge on any atom is 0.126 e. The van der Waals surface area contributed by atoms with Gasteiger partial charge >= 0.3 is 0 Å². The highest BCUT2D eigenvalue weighted by molar-refractivity contribution is 5.60. The van der Waals surface area contributed by atoms with Crippen molar-refractivity contribution in [3.63, 3.8) is 0 Å². The molecule has 0 aromatic heterocycles. The molecule has 0 saturated carbocycles. The molecule has 0 unspecified atom stereocenters. The van der Waals surface area contributed by atoms with Crippen LogP contribution in [0.3, 0.4) is 0 Å². The zero-order chi connectivity index (χ0) is 13.9. The first-order valence-electron chi connectivity index (χ1n) is 8.02. The van der Waals surface area contributed by atoms with Gasteiger partial charge < -0.3 is 15.2 Å². The van der Waals surface area contributed by atoms with E-state index in [2.05, 4.69) is 6.92 Å². The van der Waals surface area contributed by atoms with Gasteiger partial charge in [0, 0.05) is 22.3 Å². The normalized spacial score (nSPS) is 16.9. The molecule has 0 amide bonds. The fourth-order valence-corrected chi connectivity index (χ4v) is 3.56. The summed E-state index contributed by atoms with van der Waals surface area (Å²) in [7, 11) is 0. The third-order valence-corrected chi connectivity index (χ3v) is 4.35. The highest BCUT2D eigenvalue weighted by Gasteiger charge is 2.28. The Bertz CT molecular complexity index is 414. The van der Waals surface area contributed by atoms with Crippen LogP contribution in [0.25, 0.3) is 0 Å². The highest BCUT2D eigenvalue weighted by Crippen LogP contribution is 2.44. The first-order valence-corrected chi connectivity index (χ1v) is 8.02. The Kier molecular flexibility index (Phi) is 4.16. The molecule has 1 aromatic carbocycles. The van der Waals surface area contributed by atoms with Crippen LogP contribution in [-0.4, -0.2) is 19.8 Å². The van der Waals surface area contributed by atoms with E-state index >= 15 is 0 Å². The van der Waals surface area contributed by atoms with Crippen molar-refractivity contribution in [3.05, 3.63) is 22.3 Å². The van der Waals surface area contributed by atoms with Gasteiger partial charge in [-0.3, -0.25) is 0 Å². The minimum atomic E-state index is 0.676. The van der Waals surface area contributed by atoms with Gasteiger partial charge in [0.2, 0.25) is 0 Å². The van der Waals surface area contributed by atoms with Gasteiger partial charge in [-0.2, -0.15) is 0 Å². The molecule has 0 atom stereocenters. The van der Waals surface area contributed by atoms with Gasteiger partial charge in [-0.25, -0.2) is 0 Å². The molecule has 0 spiro atoms. The Morgan fingerprint density at radius 1 is 0.900 bits per heavy atom. The van der Waals surface area contributed by atoms with Crippen molar-refractivity contribution in [2.24, 2.45) is 5.73 Å². The van der Waals surface area contributed by atoms with Gasteiger partial charge in [0.1, 0.15) is 11.5 Å². The van der Waals surface area contributed by atoms with E-state index in [0.717, 1.165) is 63.9 Å². The summed E-state index contributed by atoms with van der Waals surface area (Å²) in [4.78, 5) is 0. The molecule has 2 heterocycles. The maximum absolute atomic E-state index is 6.06. The van der Waals surface area contributed by atoms with Crippen LogP contribution < -0.4 is 15.2 Å². The third kappa shape index (κ3) is 2.28. The van der Waals surface area contributed by atoms with Gasteiger partial charge in [0.05, 0.1) is 13.2 Å². The molecule has 0 radical (unpaired) electrons. The fraction of sp³-hybridized carbons (Fsp3) is 0.647. The molecule has 3 nitrogen and oxygen atoms in total. The lowest BCUT2D eigenvalue weighted by molar-refractivity contribution is 0.266. The van der Waals surface area contributed by atoms with Gasteiger partial charge in [-0.05, 0) is 45.1 Å². The number of nitrogens with two attached hydrogens (primary N) is 1. The number of hydrogen-bond donors (Lipinski definition) is 1. The van der Waals surface area contributed by atoms with E-state index < -0.39 is 0 Å². The second-order valence-electron chi connectivity index (χ2n) is 5.77. The van der Waals surface area contributed by atoms with Crippen molar-refractivity contribution in [2.75, 3.05) is 19.8 Å². The quantitative estimate of drug-likeness (QED) is 0.919. The van der Waals surface area contributed by atoms with E-state index in [-0.39, 0.29) is 0 Å². The molecule has 1 aromatic rings. The molecule has 2 aliphatic heterocycles. The average molecular weight is 275 g/mol. The SMILES string of the molecule is CCCc1c2c(c(CCN)c3c1OCCC3)OCCC2. The van der Waals surface area contributed by atoms with Crippen LogP contribution in [0.2, 0.25) is 0 Å². The monoisotopic (exact) mass is 275 g/mol. The summed E-state index contributed by atoms with van der Waals surface area (Å²) in [5.74, 6) is 2.32. The Labute approximate surface area is 121 Å². The number of ether oxygens (including phenoxy) is 2. The summed E-state index contributed by atoms with van der Waals surface area (Å²) in [6.45, 7) is 4.61. The predicted molar refractivity (Wildman–Crippen MR) is 80.8 cm³/mol. The number of rotatable bonds is 4. The van der Waals surface area contributed by atoms with Crippen LogP contribution in [0.5, 0.6) is 11.5 Å². The largest absolute Gasteiger partial charge is 0.493 e. The number of fused-ring (bicyclic) bond motifs is 2. The van der Waals surface area contributed by atoms with Crippen molar-refractivity contribution in [1.29, 1.82) is 0 Å². The van der Waals surface area contributed by atoms with E-state index in [1.807, 2.05) is 0 Å². The lowest BCUT2D eigenvalue weighted by Gasteiger charge is -2.31. The molecule has 2 aliphatic rings. The number of benzene rings is 1. The first-order chi connectivity index (χ1) is 9.86. The van der Waals surface area contributed by atoms with E-state index in [0.29, 0.717) is 6.54 Å². The van der Waals surface area contributed by atoms with Gasteiger partial charge in [0.25, 0.3) is 0 Å². The van der Waals surface area contributed by atoms with E-state index in [1.165, 1.54) is 28.0 Å². The Morgan fingerprint density at radius 2 is 1.45 bits per heavy atom. The lowest BCUT2D eigenvalue weighted by Crippen LogP contribution is -2.21. The average Bonchev–Trinajstić information content (AvgIpc) is 2.50. The summed E-state index contributed by atoms with van der Waals surface area (Å²) in [6, 6.07) is 0. The molecular weight excluding hydrogens is 250 g/mol. The molecule has 0 fully saturated rings. The summed E-state index contributed by atoms with van der Waals surface area (Å²) in [5.41, 5.74) is 11.4. The topological polar surface area (TPSA) is 44.5 Å². The highest BCUT2D eigenvalue weighted by atomic mass is 16.5. The first kappa shape index (κ1) is 13.7. The second-order valence-corrected chi connectivity index (χ2v) is 5.77. The van der Waals surface area contributed by atoms with Crippen molar-refractivity contribution < 1.29 is 9.47 Å². The van der Waals surface area contributed by atoms with Crippen LogP contribution in [0.4, 0.5) is 0 Å². The molecule has 0 aliphatic carbocycles. The van der Waals surface area contributed by atoms with Crippen LogP contribution in [0.1, 0.15) is 48.4 Å². The number of hydrogen-bond acceptors (Lipinski definition) is 3. The zero-order valence-corrected chi connectivity index (χ0v) is 12.5. The molecule has 0 bridgehead atoms. The van der Waals surface area contributed by atoms with Crippen LogP contribution in [-0.2, 0) is 25.7 Å². The molecule has 3 heteroatoms. The van der Waals surface area contributed by atoms with Gasteiger partial charge in [-0.15, -0.1) is 0 Å². The minimum absolute atomic E-state index is 0.676. The Morgan fingerprint density at radius 3 is 1.95 bits per heavy atom. The van der Waals surface area contributed by atoms with E-state index in [4.69, 9.17) is 15.2 Å². The summed E-state index contributed by atoms with van der Waals surface area (Å²) in [5, 5.41) is 0. The Balaban J connectivity index is 2.19. The zero-order valence-electron chi connectivity index (χ0n) is 12.5. The van der Waals surface area contributed by atoms with Crippen molar-refractivity contribution in [3.8, 4) is 11.5 Å². The van der Waals surface area contributed by atoms with Crippen molar-refractivity contribution >= 4 is 0 Å². The smallest absolute Gasteiger partial charge is 0.126 e. The summed E-state index contributed by atoms with van der Waals surface area (Å²) in [6.07, 6.45) is 7.60. The predicted octanol–water partition coefficient (Wildman–Crippen LogP) is 2.79. The van der Waals surface area contributed by atoms with Crippen molar-refractivity contribution in [1.82, 2.24) is 0 Å².